The number of benzene rings is 2. The van der Waals surface area contributed by atoms with Gasteiger partial charge in [-0.2, -0.15) is 9.97 Å². The van der Waals surface area contributed by atoms with Crippen LogP contribution in [0.25, 0.3) is 32.9 Å². The Labute approximate surface area is 241 Å². The predicted octanol–water partition coefficient (Wildman–Crippen LogP) is 5.76. The van der Waals surface area contributed by atoms with Gasteiger partial charge in [-0.05, 0) is 75.2 Å². The smallest absolute Gasteiger partial charge is 0.319 e. The van der Waals surface area contributed by atoms with Crippen molar-refractivity contribution in [2.24, 2.45) is 0 Å². The van der Waals surface area contributed by atoms with Crippen molar-refractivity contribution in [3.63, 3.8) is 0 Å². The van der Waals surface area contributed by atoms with Crippen LogP contribution in [0.5, 0.6) is 11.8 Å². The summed E-state index contributed by atoms with van der Waals surface area (Å²) in [5.41, 5.74) is -0.211. The van der Waals surface area contributed by atoms with Crippen LogP contribution in [0.1, 0.15) is 44.1 Å². The molecule has 3 fully saturated rings. The summed E-state index contributed by atoms with van der Waals surface area (Å²) >= 11 is 0. The summed E-state index contributed by atoms with van der Waals surface area (Å²) in [7, 11) is 0. The van der Waals surface area contributed by atoms with Gasteiger partial charge in [-0.3, -0.25) is 9.88 Å². The van der Waals surface area contributed by atoms with Crippen LogP contribution in [0.2, 0.25) is 0 Å². The molecule has 1 N–H and O–H groups in total. The van der Waals surface area contributed by atoms with Gasteiger partial charge in [0.05, 0.1) is 23.0 Å². The number of phenolic OH excluding ortho intramolecular Hbond substituents is 1. The minimum absolute atomic E-state index is 0.0128. The van der Waals surface area contributed by atoms with E-state index in [-0.39, 0.29) is 51.6 Å². The zero-order valence-electron chi connectivity index (χ0n) is 23.0. The number of hydrogen-bond acceptors (Lipinski definition) is 7. The van der Waals surface area contributed by atoms with Crippen molar-refractivity contribution in [3.8, 4) is 35.4 Å². The minimum atomic E-state index is -1.04. The van der Waals surface area contributed by atoms with Gasteiger partial charge in [-0.1, -0.05) is 12.0 Å². The number of nitrogens with zero attached hydrogens (tertiary/aromatic N) is 5. The molecule has 3 saturated heterocycles. The summed E-state index contributed by atoms with van der Waals surface area (Å²) < 4.78 is 52.0. The third kappa shape index (κ3) is 4.38. The molecule has 0 saturated carbocycles. The Kier molecular flexibility index (Phi) is 6.58. The zero-order valence-corrected chi connectivity index (χ0v) is 23.0. The predicted molar refractivity (Wildman–Crippen MR) is 154 cm³/mol. The fourth-order valence-electron chi connectivity index (χ4n) is 7.05. The number of halogens is 3. The third-order valence-corrected chi connectivity index (χ3v) is 9.04. The van der Waals surface area contributed by atoms with Crippen molar-refractivity contribution < 1.29 is 23.0 Å². The summed E-state index contributed by atoms with van der Waals surface area (Å²) in [5.74, 6) is 1.12. The summed E-state index contributed by atoms with van der Waals surface area (Å²) in [6.07, 6.45) is 11.4. The Hall–Kier alpha value is -4.10. The Balaban J connectivity index is 1.39. The second kappa shape index (κ2) is 10.3. The van der Waals surface area contributed by atoms with E-state index in [1.54, 1.807) is 4.90 Å². The molecule has 2 aromatic carbocycles. The Morgan fingerprint density at radius 1 is 1.10 bits per heavy atom. The second-order valence-electron chi connectivity index (χ2n) is 11.6. The van der Waals surface area contributed by atoms with Gasteiger partial charge in [0, 0.05) is 23.7 Å². The Morgan fingerprint density at radius 3 is 2.67 bits per heavy atom. The second-order valence-corrected chi connectivity index (χ2v) is 11.6. The molecule has 0 amide bonds. The zero-order chi connectivity index (χ0) is 29.0. The average molecular weight is 574 g/mol. The van der Waals surface area contributed by atoms with Crippen LogP contribution >= 0.6 is 0 Å². The van der Waals surface area contributed by atoms with E-state index in [9.17, 15) is 13.9 Å². The molecule has 7 rings (SSSR count). The lowest BCUT2D eigenvalue weighted by atomic mass is 9.95. The molecule has 216 valence electrons. The average Bonchev–Trinajstić information content (AvgIpc) is 3.57. The van der Waals surface area contributed by atoms with Gasteiger partial charge in [0.25, 0.3) is 0 Å². The van der Waals surface area contributed by atoms with E-state index in [0.29, 0.717) is 42.6 Å². The van der Waals surface area contributed by atoms with Crippen LogP contribution in [-0.2, 0) is 0 Å². The van der Waals surface area contributed by atoms with Gasteiger partial charge < -0.3 is 14.7 Å². The van der Waals surface area contributed by atoms with Crippen LogP contribution in [0.4, 0.5) is 19.0 Å². The molecule has 0 spiro atoms. The number of anilines is 1. The van der Waals surface area contributed by atoms with E-state index in [4.69, 9.17) is 11.2 Å². The van der Waals surface area contributed by atoms with Gasteiger partial charge in [0.15, 0.2) is 5.82 Å². The van der Waals surface area contributed by atoms with E-state index in [1.165, 1.54) is 30.5 Å². The lowest BCUT2D eigenvalue weighted by Crippen LogP contribution is -2.43. The van der Waals surface area contributed by atoms with Gasteiger partial charge >= 0.3 is 6.01 Å². The molecule has 3 aliphatic rings. The molecule has 4 aromatic rings. The van der Waals surface area contributed by atoms with E-state index in [2.05, 4.69) is 25.8 Å². The molecule has 1 atom stereocenters. The first-order valence-corrected chi connectivity index (χ1v) is 14.4. The number of aromatic hydroxyl groups is 1. The highest BCUT2D eigenvalue weighted by Gasteiger charge is 2.45. The van der Waals surface area contributed by atoms with Crippen molar-refractivity contribution in [1.29, 1.82) is 0 Å². The summed E-state index contributed by atoms with van der Waals surface area (Å²) in [5, 5.41) is 11.5. The van der Waals surface area contributed by atoms with Crippen molar-refractivity contribution in [2.75, 3.05) is 37.7 Å². The van der Waals surface area contributed by atoms with Crippen LogP contribution in [0, 0.1) is 24.0 Å². The van der Waals surface area contributed by atoms with Crippen LogP contribution in [0.3, 0.4) is 0 Å². The molecule has 3 aliphatic heterocycles. The number of phenols is 1. The quantitative estimate of drug-likeness (QED) is 0.305. The summed E-state index contributed by atoms with van der Waals surface area (Å²) in [6.45, 7) is 3.11. The largest absolute Gasteiger partial charge is 0.508 e. The first-order valence-electron chi connectivity index (χ1n) is 14.4. The monoisotopic (exact) mass is 573 g/mol. The summed E-state index contributed by atoms with van der Waals surface area (Å²) in [6, 6.07) is 5.44. The molecule has 0 bridgehead atoms. The van der Waals surface area contributed by atoms with Crippen LogP contribution < -0.4 is 9.64 Å². The first kappa shape index (κ1) is 26.8. The SMILES string of the molecule is C#Cc1c(F)ccc2cc(O)cc(-c3ncc4c(N5CCCC(F)C5)nc(OCC56CCCN5CCC6)nc4c3F)c12. The Bertz CT molecular complexity index is 1750. The fraction of sp³-hybridized carbons (Fsp3) is 0.406. The highest BCUT2D eigenvalue weighted by Crippen LogP contribution is 2.41. The van der Waals surface area contributed by atoms with Gasteiger partial charge in [-0.25, -0.2) is 13.2 Å². The van der Waals surface area contributed by atoms with E-state index < -0.39 is 17.8 Å². The number of hydrogen-bond donors (Lipinski definition) is 1. The standard InChI is InChI=1S/C32H30F3N5O2/c1-2-22-25(34)8-7-19-14-21(41)15-23(26(19)22)28-27(35)29-24(16-36-28)30(39-11-3-6-20(33)17-39)38-31(37-29)42-18-32-9-4-12-40(32)13-5-10-32/h1,7-8,14-16,20,41H,3-6,9-13,17-18H2. The fourth-order valence-corrected chi connectivity index (χ4v) is 7.05. The number of rotatable bonds is 5. The Morgan fingerprint density at radius 2 is 1.90 bits per heavy atom. The maximum Gasteiger partial charge on any atom is 0.319 e. The molecule has 10 heteroatoms. The lowest BCUT2D eigenvalue weighted by molar-refractivity contribution is 0.108. The van der Waals surface area contributed by atoms with E-state index >= 15 is 4.39 Å². The van der Waals surface area contributed by atoms with Crippen LogP contribution in [0.15, 0.2) is 30.5 Å². The molecule has 1 unspecified atom stereocenters. The molecule has 2 aromatic heterocycles. The van der Waals surface area contributed by atoms with Crippen molar-refractivity contribution in [1.82, 2.24) is 19.9 Å². The minimum Gasteiger partial charge on any atom is -0.508 e. The number of alkyl halides is 1. The number of terminal acetylenes is 1. The first-order chi connectivity index (χ1) is 20.4. The van der Waals surface area contributed by atoms with Gasteiger partial charge in [0.1, 0.15) is 41.4 Å². The number of piperidine rings is 1. The molecule has 5 heterocycles. The molecule has 42 heavy (non-hydrogen) atoms. The van der Waals surface area contributed by atoms with Gasteiger partial charge in [-0.15, -0.1) is 6.42 Å². The highest BCUT2D eigenvalue weighted by molar-refractivity contribution is 6.03. The lowest BCUT2D eigenvalue weighted by Gasteiger charge is -2.32. The van der Waals surface area contributed by atoms with Crippen LogP contribution in [-0.4, -0.2) is 69.5 Å². The molecule has 0 radical (unpaired) electrons. The number of pyridine rings is 1. The van der Waals surface area contributed by atoms with Gasteiger partial charge in [0.2, 0.25) is 0 Å². The number of aromatic nitrogens is 3. The maximum absolute atomic E-state index is 16.6. The van der Waals surface area contributed by atoms with Crippen molar-refractivity contribution >= 4 is 27.5 Å². The topological polar surface area (TPSA) is 74.6 Å². The summed E-state index contributed by atoms with van der Waals surface area (Å²) in [4.78, 5) is 17.8. The highest BCUT2D eigenvalue weighted by atomic mass is 19.1. The van der Waals surface area contributed by atoms with E-state index in [0.717, 1.165) is 38.8 Å². The normalized spacial score (nSPS) is 20.2. The molecule has 7 nitrogen and oxygen atoms in total. The number of fused-ring (bicyclic) bond motifs is 3. The molecular formula is C32H30F3N5O2. The van der Waals surface area contributed by atoms with E-state index in [1.807, 2.05) is 0 Å². The third-order valence-electron chi connectivity index (χ3n) is 9.04. The molecule has 0 aliphatic carbocycles. The van der Waals surface area contributed by atoms with Crippen molar-refractivity contribution in [3.05, 3.63) is 47.7 Å². The maximum atomic E-state index is 16.6. The molecular weight excluding hydrogens is 543 g/mol. The number of ether oxygens (including phenoxy) is 1. The van der Waals surface area contributed by atoms with Crippen molar-refractivity contribution in [2.45, 2.75) is 50.2 Å².